The molecule has 3 rings (SSSR count). The molecule has 0 bridgehead atoms. The average Bonchev–Trinajstić information content (AvgIpc) is 2.70. The summed E-state index contributed by atoms with van der Waals surface area (Å²) in [4.78, 5) is 26.5. The number of ether oxygens (including phenoxy) is 2. The van der Waals surface area contributed by atoms with E-state index in [1.165, 1.54) is 0 Å². The fraction of sp³-hybridized carbons (Fsp3) is 0.333. The van der Waals surface area contributed by atoms with Gasteiger partial charge in [-0.2, -0.15) is 0 Å². The molecule has 1 atom stereocenters. The van der Waals surface area contributed by atoms with Crippen molar-refractivity contribution in [2.24, 2.45) is 0 Å². The molecule has 0 spiro atoms. The number of para-hydroxylation sites is 2. The summed E-state index contributed by atoms with van der Waals surface area (Å²) in [6.45, 7) is 4.70. The van der Waals surface area contributed by atoms with Gasteiger partial charge in [0.25, 0.3) is 0 Å². The van der Waals surface area contributed by atoms with Crippen LogP contribution in [-0.4, -0.2) is 42.0 Å². The average molecular weight is 368 g/mol. The largest absolute Gasteiger partial charge is 0.486 e. The third-order valence-electron chi connectivity index (χ3n) is 4.33. The van der Waals surface area contributed by atoms with Crippen molar-refractivity contribution in [2.75, 3.05) is 13.2 Å². The molecule has 27 heavy (non-hydrogen) atoms. The number of carbonyl (C=O) groups excluding carboxylic acids is 2. The van der Waals surface area contributed by atoms with Crippen LogP contribution in [0.3, 0.4) is 0 Å². The van der Waals surface area contributed by atoms with Crippen LogP contribution in [0.2, 0.25) is 0 Å². The summed E-state index contributed by atoms with van der Waals surface area (Å²) in [7, 11) is 0. The maximum atomic E-state index is 12.6. The minimum Gasteiger partial charge on any atom is -0.486 e. The lowest BCUT2D eigenvalue weighted by Crippen LogP contribution is -2.49. The van der Waals surface area contributed by atoms with E-state index in [2.05, 4.69) is 5.32 Å². The zero-order valence-electron chi connectivity index (χ0n) is 15.6. The van der Waals surface area contributed by atoms with Gasteiger partial charge in [0, 0.05) is 12.6 Å². The normalized spacial score (nSPS) is 15.3. The molecular weight excluding hydrogens is 344 g/mol. The van der Waals surface area contributed by atoms with Crippen LogP contribution in [0.4, 0.5) is 0 Å². The first-order valence-corrected chi connectivity index (χ1v) is 9.06. The van der Waals surface area contributed by atoms with Crippen molar-refractivity contribution in [3.8, 4) is 11.5 Å². The lowest BCUT2D eigenvalue weighted by atomic mass is 10.2. The number of benzene rings is 2. The first-order chi connectivity index (χ1) is 13.0. The Balaban J connectivity index is 1.55. The highest BCUT2D eigenvalue weighted by atomic mass is 16.6. The Labute approximate surface area is 159 Å². The fourth-order valence-corrected chi connectivity index (χ4v) is 2.85. The number of rotatable bonds is 5. The predicted molar refractivity (Wildman–Crippen MR) is 101 cm³/mol. The molecule has 0 saturated carbocycles. The number of fused-ring (bicyclic) bond motifs is 1. The second kappa shape index (κ2) is 8.58. The van der Waals surface area contributed by atoms with Gasteiger partial charge < -0.3 is 19.7 Å². The molecule has 1 unspecified atom stereocenters. The van der Waals surface area contributed by atoms with E-state index >= 15 is 0 Å². The van der Waals surface area contributed by atoms with Gasteiger partial charge in [-0.3, -0.25) is 9.59 Å². The number of nitrogens with one attached hydrogen (secondary N) is 1. The molecule has 6 nitrogen and oxygen atoms in total. The van der Waals surface area contributed by atoms with Crippen molar-refractivity contribution in [3.05, 3.63) is 60.2 Å². The van der Waals surface area contributed by atoms with Crippen molar-refractivity contribution in [3.63, 3.8) is 0 Å². The molecule has 0 aliphatic carbocycles. The molecule has 1 N–H and O–H groups in total. The van der Waals surface area contributed by atoms with Crippen LogP contribution in [0, 0.1) is 0 Å². The molecule has 142 valence electrons. The second-order valence-electron chi connectivity index (χ2n) is 6.72. The van der Waals surface area contributed by atoms with Gasteiger partial charge in [0.2, 0.25) is 0 Å². The standard InChI is InChI=1S/C21H24N2O4/c1-15(2)23(13-16-8-4-3-5-9-16)21(25)20(24)22-12-17-14-26-18-10-6-7-11-19(18)27-17/h3-11,15,17H,12-14H2,1-2H3,(H,22,24). The lowest BCUT2D eigenvalue weighted by Gasteiger charge is -2.28. The van der Waals surface area contributed by atoms with Gasteiger partial charge in [-0.25, -0.2) is 0 Å². The molecule has 0 radical (unpaired) electrons. The minimum absolute atomic E-state index is 0.0930. The molecule has 1 aliphatic rings. The molecule has 2 aromatic carbocycles. The molecule has 6 heteroatoms. The lowest BCUT2D eigenvalue weighted by molar-refractivity contribution is -0.147. The number of amides is 2. The van der Waals surface area contributed by atoms with Crippen LogP contribution in [0.25, 0.3) is 0 Å². The smallest absolute Gasteiger partial charge is 0.312 e. The van der Waals surface area contributed by atoms with Crippen molar-refractivity contribution in [2.45, 2.75) is 32.5 Å². The highest BCUT2D eigenvalue weighted by Crippen LogP contribution is 2.30. The molecule has 1 aliphatic heterocycles. The maximum Gasteiger partial charge on any atom is 0.312 e. The summed E-state index contributed by atoms with van der Waals surface area (Å²) >= 11 is 0. The Kier molecular flexibility index (Phi) is 5.96. The summed E-state index contributed by atoms with van der Waals surface area (Å²) in [5.41, 5.74) is 0.980. The number of carbonyl (C=O) groups is 2. The fourth-order valence-electron chi connectivity index (χ4n) is 2.85. The van der Waals surface area contributed by atoms with Crippen LogP contribution >= 0.6 is 0 Å². The SMILES string of the molecule is CC(C)N(Cc1ccccc1)C(=O)C(=O)NCC1COc2ccccc2O1. The van der Waals surface area contributed by atoms with Gasteiger partial charge in [-0.05, 0) is 31.5 Å². The molecule has 1 heterocycles. The van der Waals surface area contributed by atoms with Crippen LogP contribution in [0.5, 0.6) is 11.5 Å². The van der Waals surface area contributed by atoms with E-state index in [1.54, 1.807) is 4.90 Å². The van der Waals surface area contributed by atoms with Crippen LogP contribution in [0.1, 0.15) is 19.4 Å². The van der Waals surface area contributed by atoms with E-state index in [0.717, 1.165) is 5.56 Å². The van der Waals surface area contributed by atoms with Crippen LogP contribution < -0.4 is 14.8 Å². The molecule has 0 saturated heterocycles. The topological polar surface area (TPSA) is 67.9 Å². The zero-order chi connectivity index (χ0) is 19.2. The third kappa shape index (κ3) is 4.78. The Hall–Kier alpha value is -3.02. The van der Waals surface area contributed by atoms with Crippen LogP contribution in [0.15, 0.2) is 54.6 Å². The maximum absolute atomic E-state index is 12.6. The molecular formula is C21H24N2O4. The van der Waals surface area contributed by atoms with Gasteiger partial charge >= 0.3 is 11.8 Å². The summed E-state index contributed by atoms with van der Waals surface area (Å²) < 4.78 is 11.4. The highest BCUT2D eigenvalue weighted by Gasteiger charge is 2.26. The Morgan fingerprint density at radius 2 is 1.74 bits per heavy atom. The van der Waals surface area contributed by atoms with E-state index in [9.17, 15) is 9.59 Å². The van der Waals surface area contributed by atoms with E-state index in [4.69, 9.17) is 9.47 Å². The zero-order valence-corrected chi connectivity index (χ0v) is 15.6. The number of hydrogen-bond acceptors (Lipinski definition) is 4. The second-order valence-corrected chi connectivity index (χ2v) is 6.72. The van der Waals surface area contributed by atoms with Gasteiger partial charge in [0.15, 0.2) is 11.5 Å². The number of nitrogens with zero attached hydrogens (tertiary/aromatic N) is 1. The van der Waals surface area contributed by atoms with Gasteiger partial charge in [0.1, 0.15) is 12.7 Å². The first kappa shape index (κ1) is 18.8. The van der Waals surface area contributed by atoms with Gasteiger partial charge in [-0.15, -0.1) is 0 Å². The summed E-state index contributed by atoms with van der Waals surface area (Å²) in [6.07, 6.45) is -0.335. The summed E-state index contributed by atoms with van der Waals surface area (Å²) in [5.74, 6) is 0.139. The van der Waals surface area contributed by atoms with Crippen molar-refractivity contribution < 1.29 is 19.1 Å². The molecule has 2 aromatic rings. The van der Waals surface area contributed by atoms with Crippen molar-refractivity contribution >= 4 is 11.8 Å². The Bertz CT molecular complexity index is 792. The van der Waals surface area contributed by atoms with Gasteiger partial charge in [0.05, 0.1) is 6.54 Å². The molecule has 0 fully saturated rings. The number of hydrogen-bond donors (Lipinski definition) is 1. The summed E-state index contributed by atoms with van der Waals surface area (Å²) in [5, 5.41) is 2.67. The van der Waals surface area contributed by atoms with E-state index in [1.807, 2.05) is 68.4 Å². The van der Waals surface area contributed by atoms with E-state index in [0.29, 0.717) is 24.7 Å². The van der Waals surface area contributed by atoms with Crippen LogP contribution in [-0.2, 0) is 16.1 Å². The quantitative estimate of drug-likeness (QED) is 0.823. The molecule has 0 aromatic heterocycles. The highest BCUT2D eigenvalue weighted by molar-refractivity contribution is 6.35. The predicted octanol–water partition coefficient (Wildman–Crippen LogP) is 2.38. The van der Waals surface area contributed by atoms with Crippen molar-refractivity contribution in [1.82, 2.24) is 10.2 Å². The van der Waals surface area contributed by atoms with Crippen molar-refractivity contribution in [1.29, 1.82) is 0 Å². The van der Waals surface area contributed by atoms with E-state index in [-0.39, 0.29) is 18.7 Å². The van der Waals surface area contributed by atoms with E-state index < -0.39 is 11.8 Å². The molecule has 2 amide bonds. The Morgan fingerprint density at radius 1 is 1.07 bits per heavy atom. The summed E-state index contributed by atoms with van der Waals surface area (Å²) in [6, 6.07) is 16.9. The monoisotopic (exact) mass is 368 g/mol. The third-order valence-corrected chi connectivity index (χ3v) is 4.33. The Morgan fingerprint density at radius 3 is 2.44 bits per heavy atom. The van der Waals surface area contributed by atoms with Gasteiger partial charge in [-0.1, -0.05) is 42.5 Å². The first-order valence-electron chi connectivity index (χ1n) is 9.06. The minimum atomic E-state index is -0.637.